The van der Waals surface area contributed by atoms with Crippen LogP contribution < -0.4 is 5.32 Å². The van der Waals surface area contributed by atoms with Crippen LogP contribution in [-0.4, -0.2) is 47.8 Å². The van der Waals surface area contributed by atoms with Gasteiger partial charge >= 0.3 is 0 Å². The Kier molecular flexibility index (Phi) is 4.75. The molecule has 2 N–H and O–H groups in total. The zero-order valence-electron chi connectivity index (χ0n) is 14.1. The van der Waals surface area contributed by atoms with Crippen molar-refractivity contribution in [2.24, 2.45) is 17.8 Å². The zero-order valence-corrected chi connectivity index (χ0v) is 14.1. The Morgan fingerprint density at radius 3 is 2.41 bits per heavy atom. The lowest BCUT2D eigenvalue weighted by Gasteiger charge is -2.39. The Bertz CT molecular complexity index is 358. The van der Waals surface area contributed by atoms with E-state index >= 15 is 0 Å². The summed E-state index contributed by atoms with van der Waals surface area (Å²) in [5.74, 6) is 2.29. The molecule has 3 heteroatoms. The van der Waals surface area contributed by atoms with Crippen molar-refractivity contribution in [2.45, 2.75) is 82.4 Å². The van der Waals surface area contributed by atoms with Gasteiger partial charge in [0.05, 0.1) is 6.10 Å². The molecule has 0 aromatic rings. The highest BCUT2D eigenvalue weighted by Gasteiger charge is 2.38. The minimum Gasteiger partial charge on any atom is -0.393 e. The van der Waals surface area contributed by atoms with E-state index in [4.69, 9.17) is 0 Å². The Balaban J connectivity index is 1.29. The number of likely N-dealkylation sites (tertiary alicyclic amines) is 1. The molecule has 3 saturated carbocycles. The summed E-state index contributed by atoms with van der Waals surface area (Å²) in [5.41, 5.74) is 0. The summed E-state index contributed by atoms with van der Waals surface area (Å²) >= 11 is 0. The average Bonchev–Trinajstić information content (AvgIpc) is 3.42. The number of hydrogen-bond donors (Lipinski definition) is 2. The Labute approximate surface area is 135 Å². The van der Waals surface area contributed by atoms with Crippen molar-refractivity contribution in [1.82, 2.24) is 10.2 Å². The van der Waals surface area contributed by atoms with Gasteiger partial charge in [-0.05, 0) is 75.7 Å². The predicted octanol–water partition coefficient (Wildman–Crippen LogP) is 2.78. The lowest BCUT2D eigenvalue weighted by atomic mass is 9.88. The van der Waals surface area contributed by atoms with Gasteiger partial charge in [0.25, 0.3) is 0 Å². The van der Waals surface area contributed by atoms with Gasteiger partial charge in [-0.15, -0.1) is 0 Å². The normalized spacial score (nSPS) is 35.9. The van der Waals surface area contributed by atoms with Crippen molar-refractivity contribution in [1.29, 1.82) is 0 Å². The van der Waals surface area contributed by atoms with Gasteiger partial charge in [0.15, 0.2) is 0 Å². The molecule has 0 radical (unpaired) electrons. The minimum absolute atomic E-state index is 0.0142. The first-order valence-corrected chi connectivity index (χ1v) is 9.93. The average molecular weight is 306 g/mol. The number of aliphatic hydroxyl groups excluding tert-OH is 1. The number of rotatable bonds is 7. The Hall–Kier alpha value is -0.120. The van der Waals surface area contributed by atoms with Crippen molar-refractivity contribution >= 4 is 0 Å². The lowest BCUT2D eigenvalue weighted by molar-refractivity contribution is 0.0710. The van der Waals surface area contributed by atoms with E-state index in [0.29, 0.717) is 17.9 Å². The van der Waals surface area contributed by atoms with E-state index < -0.39 is 0 Å². The van der Waals surface area contributed by atoms with Crippen LogP contribution in [0.1, 0.15) is 64.2 Å². The van der Waals surface area contributed by atoms with E-state index in [1.165, 1.54) is 77.4 Å². The molecule has 4 aliphatic rings. The number of nitrogens with one attached hydrogen (secondary N) is 1. The van der Waals surface area contributed by atoms with E-state index in [0.717, 1.165) is 18.4 Å². The number of nitrogens with zero attached hydrogens (tertiary/aromatic N) is 1. The van der Waals surface area contributed by atoms with E-state index in [2.05, 4.69) is 10.2 Å². The molecule has 1 heterocycles. The fourth-order valence-electron chi connectivity index (χ4n) is 4.86. The van der Waals surface area contributed by atoms with Gasteiger partial charge in [-0.2, -0.15) is 0 Å². The summed E-state index contributed by atoms with van der Waals surface area (Å²) in [6, 6.07) is 1.54. The van der Waals surface area contributed by atoms with Crippen molar-refractivity contribution in [3.63, 3.8) is 0 Å². The van der Waals surface area contributed by atoms with Gasteiger partial charge in [-0.1, -0.05) is 12.8 Å². The van der Waals surface area contributed by atoms with Gasteiger partial charge in [0, 0.05) is 25.2 Å². The van der Waals surface area contributed by atoms with Gasteiger partial charge in [0.1, 0.15) is 0 Å². The minimum atomic E-state index is -0.0142. The summed E-state index contributed by atoms with van der Waals surface area (Å²) in [6.45, 7) is 3.74. The second-order valence-electron chi connectivity index (χ2n) is 8.68. The van der Waals surface area contributed by atoms with Gasteiger partial charge < -0.3 is 10.4 Å². The molecule has 0 aromatic heterocycles. The van der Waals surface area contributed by atoms with E-state index in [9.17, 15) is 5.11 Å². The highest BCUT2D eigenvalue weighted by molar-refractivity contribution is 4.94. The summed E-state index contributed by atoms with van der Waals surface area (Å²) in [5, 5.41) is 14.2. The van der Waals surface area contributed by atoms with Gasteiger partial charge in [-0.3, -0.25) is 4.90 Å². The molecule has 4 fully saturated rings. The van der Waals surface area contributed by atoms with Crippen LogP contribution in [0.3, 0.4) is 0 Å². The van der Waals surface area contributed by atoms with Crippen LogP contribution >= 0.6 is 0 Å². The maximum Gasteiger partial charge on any atom is 0.0571 e. The summed E-state index contributed by atoms with van der Waals surface area (Å²) < 4.78 is 0. The van der Waals surface area contributed by atoms with Crippen LogP contribution in [0.15, 0.2) is 0 Å². The standard InChI is InChI=1S/C19H34N2O/c22-19(16-5-6-16)10-15-9-17(13-21(12-15)18-7-8-18)20-11-14-3-1-2-4-14/h14-20,22H,1-13H2. The third-order valence-electron chi connectivity index (χ3n) is 6.54. The first-order chi connectivity index (χ1) is 10.8. The molecule has 3 nitrogen and oxygen atoms in total. The highest BCUT2D eigenvalue weighted by atomic mass is 16.3. The molecule has 3 unspecified atom stereocenters. The zero-order chi connectivity index (χ0) is 14.9. The third kappa shape index (κ3) is 4.04. The molecule has 1 aliphatic heterocycles. The maximum absolute atomic E-state index is 10.3. The first kappa shape index (κ1) is 15.4. The van der Waals surface area contributed by atoms with Crippen LogP contribution in [0.2, 0.25) is 0 Å². The Morgan fingerprint density at radius 2 is 1.73 bits per heavy atom. The fourth-order valence-corrected chi connectivity index (χ4v) is 4.86. The summed E-state index contributed by atoms with van der Waals surface area (Å²) in [6.07, 6.45) is 13.5. The van der Waals surface area contributed by atoms with Crippen LogP contribution in [0.25, 0.3) is 0 Å². The lowest BCUT2D eigenvalue weighted by Crippen LogP contribution is -2.51. The van der Waals surface area contributed by atoms with E-state index in [1.807, 2.05) is 0 Å². The topological polar surface area (TPSA) is 35.5 Å². The number of hydrogen-bond acceptors (Lipinski definition) is 3. The smallest absolute Gasteiger partial charge is 0.0571 e. The second kappa shape index (κ2) is 6.78. The predicted molar refractivity (Wildman–Crippen MR) is 89.8 cm³/mol. The molecule has 3 atom stereocenters. The molecule has 0 amide bonds. The molecule has 0 aromatic carbocycles. The fraction of sp³-hybridized carbons (Fsp3) is 1.00. The SMILES string of the molecule is OC(CC1CC(NCC2CCCC2)CN(C2CC2)C1)C1CC1. The molecule has 1 saturated heterocycles. The molecule has 126 valence electrons. The summed E-state index contributed by atoms with van der Waals surface area (Å²) in [7, 11) is 0. The summed E-state index contributed by atoms with van der Waals surface area (Å²) in [4.78, 5) is 2.74. The molecule has 4 rings (SSSR count). The Morgan fingerprint density at radius 1 is 0.955 bits per heavy atom. The van der Waals surface area contributed by atoms with Gasteiger partial charge in [-0.25, -0.2) is 0 Å². The molecule has 0 spiro atoms. The van der Waals surface area contributed by atoms with Crippen molar-refractivity contribution in [3.8, 4) is 0 Å². The molecule has 0 bridgehead atoms. The quantitative estimate of drug-likeness (QED) is 0.759. The monoisotopic (exact) mass is 306 g/mol. The van der Waals surface area contributed by atoms with Crippen molar-refractivity contribution in [3.05, 3.63) is 0 Å². The maximum atomic E-state index is 10.3. The molecule has 3 aliphatic carbocycles. The second-order valence-corrected chi connectivity index (χ2v) is 8.68. The van der Waals surface area contributed by atoms with Crippen LogP contribution in [0, 0.1) is 17.8 Å². The number of piperidine rings is 1. The van der Waals surface area contributed by atoms with Crippen LogP contribution in [0.5, 0.6) is 0 Å². The van der Waals surface area contributed by atoms with Crippen molar-refractivity contribution < 1.29 is 5.11 Å². The molecule has 22 heavy (non-hydrogen) atoms. The highest BCUT2D eigenvalue weighted by Crippen LogP contribution is 2.38. The van der Waals surface area contributed by atoms with E-state index in [-0.39, 0.29) is 6.10 Å². The van der Waals surface area contributed by atoms with Crippen LogP contribution in [-0.2, 0) is 0 Å². The largest absolute Gasteiger partial charge is 0.393 e. The van der Waals surface area contributed by atoms with Gasteiger partial charge in [0.2, 0.25) is 0 Å². The van der Waals surface area contributed by atoms with Crippen LogP contribution in [0.4, 0.5) is 0 Å². The first-order valence-electron chi connectivity index (χ1n) is 9.93. The molecular weight excluding hydrogens is 272 g/mol. The number of aliphatic hydroxyl groups is 1. The van der Waals surface area contributed by atoms with E-state index in [1.54, 1.807) is 0 Å². The third-order valence-corrected chi connectivity index (χ3v) is 6.54. The molecular formula is C19H34N2O. The van der Waals surface area contributed by atoms with Crippen molar-refractivity contribution in [2.75, 3.05) is 19.6 Å².